The van der Waals surface area contributed by atoms with Crippen LogP contribution in [-0.2, 0) is 31.8 Å². The summed E-state index contributed by atoms with van der Waals surface area (Å²) in [5.74, 6) is 0. The number of halogens is 1. The summed E-state index contributed by atoms with van der Waals surface area (Å²) in [5, 5.41) is 0.829. The van der Waals surface area contributed by atoms with E-state index in [1.807, 2.05) is 12.1 Å². The molecule has 0 N–H and O–H groups in total. The van der Waals surface area contributed by atoms with E-state index in [2.05, 4.69) is 163 Å². The fourth-order valence-electron chi connectivity index (χ4n) is 7.35. The van der Waals surface area contributed by atoms with Gasteiger partial charge in [0, 0.05) is 0 Å². The van der Waals surface area contributed by atoms with E-state index in [4.69, 9.17) is 11.6 Å². The molecule has 0 bridgehead atoms. The summed E-state index contributed by atoms with van der Waals surface area (Å²) in [4.78, 5) is 0. The molecule has 2 aliphatic carbocycles. The summed E-state index contributed by atoms with van der Waals surface area (Å²) in [5.41, 5.74) is 14.0. The Balaban J connectivity index is 1.66. The van der Waals surface area contributed by atoms with Crippen molar-refractivity contribution in [2.24, 2.45) is 0 Å². The van der Waals surface area contributed by atoms with E-state index in [0.29, 0.717) is 3.67 Å². The molecule has 0 amide bonds. The van der Waals surface area contributed by atoms with Crippen LogP contribution in [0.1, 0.15) is 90.6 Å². The van der Waals surface area contributed by atoms with Crippen LogP contribution in [0, 0.1) is 0 Å². The monoisotopic (exact) mass is 798 g/mol. The fraction of sp³-hybridized carbons (Fsp3) is 0.222. The van der Waals surface area contributed by atoms with Gasteiger partial charge in [0.1, 0.15) is 0 Å². The molecule has 47 heavy (non-hydrogen) atoms. The molecule has 0 heterocycles. The van der Waals surface area contributed by atoms with E-state index in [-0.39, 0.29) is 10.8 Å². The van der Waals surface area contributed by atoms with E-state index in [1.165, 1.54) is 50.1 Å². The first-order chi connectivity index (χ1) is 22.5. The molecule has 0 saturated carbocycles. The first-order valence-corrected chi connectivity index (χ1v) is 22.9. The van der Waals surface area contributed by atoms with Crippen LogP contribution in [0.3, 0.4) is 0 Å². The Labute approximate surface area is 293 Å². The number of hydrogen-bond acceptors (Lipinski definition) is 0. The van der Waals surface area contributed by atoms with Gasteiger partial charge in [-0.25, -0.2) is 0 Å². The third kappa shape index (κ3) is 6.07. The molecule has 5 aromatic rings. The van der Waals surface area contributed by atoms with Crippen molar-refractivity contribution < 1.29 is 21.0 Å². The molecule has 2 heteroatoms. The second kappa shape index (κ2) is 12.6. The van der Waals surface area contributed by atoms with Gasteiger partial charge in [-0.3, -0.25) is 0 Å². The normalized spacial score (nSPS) is 14.4. The van der Waals surface area contributed by atoms with Crippen LogP contribution in [-0.4, -0.2) is 3.26 Å². The molecular formula is C45H43ClHf. The molecule has 0 unspecified atom stereocenters. The minimum absolute atomic E-state index is 0.0542. The van der Waals surface area contributed by atoms with Gasteiger partial charge in [0.25, 0.3) is 0 Å². The number of rotatable bonds is 5. The summed E-state index contributed by atoms with van der Waals surface area (Å²) in [6.45, 7) is 14.1. The first-order valence-electron chi connectivity index (χ1n) is 16.8. The molecule has 0 spiro atoms. The summed E-state index contributed by atoms with van der Waals surface area (Å²) >= 11 is 3.74. The second-order valence-corrected chi connectivity index (χ2v) is 24.5. The van der Waals surface area contributed by atoms with Crippen molar-refractivity contribution in [2.45, 2.75) is 62.5 Å². The van der Waals surface area contributed by atoms with Crippen LogP contribution in [0.5, 0.6) is 0 Å². The summed E-state index contributed by atoms with van der Waals surface area (Å²) in [6, 6.07) is 45.7. The second-order valence-electron chi connectivity index (χ2n) is 15.0. The number of benzene rings is 5. The SMILES string of the molecule is CC(C)(C)c1ccc2c(c1)[CH]([Hf]([C]1=C(c3ccccc3Cl)C=CC1)=[C](c1ccccc1)c1ccccc1)c1cc(C(C)(C)C)ccc1-2. The Bertz CT molecular complexity index is 1960. The maximum atomic E-state index is 7.00. The van der Waals surface area contributed by atoms with Crippen molar-refractivity contribution in [1.29, 1.82) is 0 Å². The molecule has 0 saturated heterocycles. The molecule has 0 atom stereocenters. The van der Waals surface area contributed by atoms with Gasteiger partial charge in [-0.1, -0.05) is 0 Å². The van der Waals surface area contributed by atoms with Crippen molar-refractivity contribution in [2.75, 3.05) is 0 Å². The standard InChI is InChI=1S/C21H25.C13H10.C11H8Cl.Hf/c1-20(2,3)16-7-9-18-14(12-16)11-15-13-17(21(4,5)6)8-10-19(15)18;1-3-7-12(8-4-1)11-13-9-5-2-6-10-13;12-11-8-4-3-7-10(11)9-5-1-2-6-9;/h7-13H,1-6H3;1-10H;1,3-5,7-8H,2H2;. The molecule has 0 fully saturated rings. The van der Waals surface area contributed by atoms with E-state index in [0.717, 1.165) is 17.0 Å². The summed E-state index contributed by atoms with van der Waals surface area (Å²) in [6.07, 6.45) is 5.73. The first kappa shape index (κ1) is 32.2. The van der Waals surface area contributed by atoms with Gasteiger partial charge in [0.2, 0.25) is 0 Å². The predicted molar refractivity (Wildman–Crippen MR) is 199 cm³/mol. The minimum atomic E-state index is -3.26. The van der Waals surface area contributed by atoms with Crippen molar-refractivity contribution in [3.63, 3.8) is 0 Å². The average Bonchev–Trinajstić information content (AvgIpc) is 3.66. The van der Waals surface area contributed by atoms with Gasteiger partial charge >= 0.3 is 296 Å². The van der Waals surface area contributed by atoms with Crippen LogP contribution in [0.25, 0.3) is 16.7 Å². The van der Waals surface area contributed by atoms with Crippen LogP contribution >= 0.6 is 11.6 Å². The van der Waals surface area contributed by atoms with E-state index in [1.54, 1.807) is 6.58 Å². The van der Waals surface area contributed by atoms with Crippen LogP contribution < -0.4 is 0 Å². The van der Waals surface area contributed by atoms with E-state index < -0.39 is 21.0 Å². The Morgan fingerprint density at radius 3 is 1.57 bits per heavy atom. The molecule has 0 aromatic heterocycles. The van der Waals surface area contributed by atoms with Crippen molar-refractivity contribution in [3.8, 4) is 11.1 Å². The number of hydrogen-bond donors (Lipinski definition) is 0. The zero-order valence-corrected chi connectivity index (χ0v) is 32.7. The molecule has 0 nitrogen and oxygen atoms in total. The quantitative estimate of drug-likeness (QED) is 0.155. The molecule has 5 aromatic carbocycles. The van der Waals surface area contributed by atoms with Gasteiger partial charge in [-0.2, -0.15) is 0 Å². The molecule has 7 rings (SSSR count). The van der Waals surface area contributed by atoms with Crippen molar-refractivity contribution >= 4 is 20.4 Å². The Morgan fingerprint density at radius 2 is 1.09 bits per heavy atom. The van der Waals surface area contributed by atoms with Gasteiger partial charge < -0.3 is 0 Å². The molecule has 2 aliphatic rings. The van der Waals surface area contributed by atoms with Crippen molar-refractivity contribution in [3.05, 3.63) is 181 Å². The van der Waals surface area contributed by atoms with Gasteiger partial charge in [0.15, 0.2) is 0 Å². The topological polar surface area (TPSA) is 0 Å². The average molecular weight is 798 g/mol. The van der Waals surface area contributed by atoms with Crippen LogP contribution in [0.2, 0.25) is 5.02 Å². The Kier molecular flexibility index (Phi) is 8.60. The van der Waals surface area contributed by atoms with Gasteiger partial charge in [0.05, 0.1) is 0 Å². The summed E-state index contributed by atoms with van der Waals surface area (Å²) < 4.78 is 3.54. The zero-order valence-electron chi connectivity index (χ0n) is 28.4. The number of allylic oxidation sites excluding steroid dienone is 4. The maximum absolute atomic E-state index is 7.00. The van der Waals surface area contributed by atoms with Gasteiger partial charge in [-0.05, 0) is 0 Å². The van der Waals surface area contributed by atoms with Crippen LogP contribution in [0.15, 0.2) is 137 Å². The van der Waals surface area contributed by atoms with Crippen LogP contribution in [0.4, 0.5) is 0 Å². The van der Waals surface area contributed by atoms with E-state index >= 15 is 0 Å². The Morgan fingerprint density at radius 1 is 0.596 bits per heavy atom. The summed E-state index contributed by atoms with van der Waals surface area (Å²) in [7, 11) is 0. The third-order valence-corrected chi connectivity index (χ3v) is 22.5. The third-order valence-electron chi connectivity index (χ3n) is 9.85. The number of fused-ring (bicyclic) bond motifs is 3. The molecule has 234 valence electrons. The zero-order chi connectivity index (χ0) is 32.9. The molecule has 0 radical (unpaired) electrons. The van der Waals surface area contributed by atoms with Gasteiger partial charge in [-0.15, -0.1) is 0 Å². The predicted octanol–water partition coefficient (Wildman–Crippen LogP) is 12.3. The van der Waals surface area contributed by atoms with Crippen molar-refractivity contribution in [1.82, 2.24) is 0 Å². The molecule has 0 aliphatic heterocycles. The Hall–Kier alpha value is -3.39. The van der Waals surface area contributed by atoms with E-state index in [9.17, 15) is 0 Å². The molecular weight excluding hydrogens is 754 g/mol. The fourth-order valence-corrected chi connectivity index (χ4v) is 21.4.